The first-order valence-corrected chi connectivity index (χ1v) is 11.2. The third-order valence-electron chi connectivity index (χ3n) is 5.61. The second kappa shape index (κ2) is 10.9. The Bertz CT molecular complexity index is 1230. The Morgan fingerprint density at radius 3 is 2.58 bits per heavy atom. The number of rotatable bonds is 11. The van der Waals surface area contributed by atoms with Gasteiger partial charge in [0.25, 0.3) is 0 Å². The minimum atomic E-state index is -0.603. The zero-order valence-corrected chi connectivity index (χ0v) is 18.8. The van der Waals surface area contributed by atoms with Crippen molar-refractivity contribution in [2.24, 2.45) is 5.92 Å². The number of nitrogens with one attached hydrogen (secondary N) is 2. The number of aromatic nitrogens is 1. The Labute approximate surface area is 193 Å². The lowest BCUT2D eigenvalue weighted by Crippen LogP contribution is -2.34. The molecule has 4 aromatic rings. The highest BCUT2D eigenvalue weighted by Crippen LogP contribution is 2.32. The highest BCUT2D eigenvalue weighted by Gasteiger charge is 2.12. The standard InChI is InChI=1S/C27H29N3O3/c1-19(15-20-9-11-22(12-10-20)32-14-13-28)16-29-17-21(31)18-33-26-8-4-7-25-27(26)23-5-2-3-6-24(23)30-25/h2-12,19,21,29-31H,14-18H2,1H3. The van der Waals surface area contributed by atoms with Crippen molar-refractivity contribution in [3.05, 3.63) is 72.3 Å². The topological polar surface area (TPSA) is 90.3 Å². The van der Waals surface area contributed by atoms with Crippen molar-refractivity contribution in [3.63, 3.8) is 0 Å². The van der Waals surface area contributed by atoms with Crippen LogP contribution in [0.25, 0.3) is 21.8 Å². The van der Waals surface area contributed by atoms with Crippen molar-refractivity contribution in [1.29, 1.82) is 5.26 Å². The van der Waals surface area contributed by atoms with Gasteiger partial charge in [-0.1, -0.05) is 43.3 Å². The average molecular weight is 444 g/mol. The van der Waals surface area contributed by atoms with E-state index in [0.717, 1.165) is 40.5 Å². The Balaban J connectivity index is 1.23. The van der Waals surface area contributed by atoms with Gasteiger partial charge in [0, 0.05) is 22.8 Å². The van der Waals surface area contributed by atoms with Crippen LogP contribution >= 0.6 is 0 Å². The molecule has 3 aromatic carbocycles. The van der Waals surface area contributed by atoms with Crippen LogP contribution in [0, 0.1) is 17.2 Å². The van der Waals surface area contributed by atoms with E-state index in [4.69, 9.17) is 14.7 Å². The molecule has 0 bridgehead atoms. The highest BCUT2D eigenvalue weighted by molar-refractivity contribution is 6.10. The van der Waals surface area contributed by atoms with Crippen LogP contribution in [-0.2, 0) is 6.42 Å². The Morgan fingerprint density at radius 2 is 1.76 bits per heavy atom. The molecule has 0 fully saturated rings. The van der Waals surface area contributed by atoms with Crippen LogP contribution in [0.1, 0.15) is 12.5 Å². The lowest BCUT2D eigenvalue weighted by atomic mass is 10.0. The van der Waals surface area contributed by atoms with Gasteiger partial charge in [0.15, 0.2) is 6.61 Å². The van der Waals surface area contributed by atoms with Crippen LogP contribution in [0.15, 0.2) is 66.7 Å². The average Bonchev–Trinajstić information content (AvgIpc) is 3.21. The molecule has 0 aliphatic carbocycles. The number of para-hydroxylation sites is 1. The second-order valence-corrected chi connectivity index (χ2v) is 8.37. The lowest BCUT2D eigenvalue weighted by molar-refractivity contribution is 0.106. The zero-order chi connectivity index (χ0) is 23.0. The van der Waals surface area contributed by atoms with Crippen molar-refractivity contribution in [2.75, 3.05) is 26.3 Å². The van der Waals surface area contributed by atoms with E-state index in [-0.39, 0.29) is 13.2 Å². The predicted octanol–water partition coefficient (Wildman–Crippen LogP) is 4.43. The molecule has 6 nitrogen and oxygen atoms in total. The first-order chi connectivity index (χ1) is 16.1. The number of nitrogens with zero attached hydrogens (tertiary/aromatic N) is 1. The molecule has 0 saturated carbocycles. The molecule has 1 heterocycles. The van der Waals surface area contributed by atoms with E-state index in [1.165, 1.54) is 5.56 Å². The number of aliphatic hydroxyl groups is 1. The van der Waals surface area contributed by atoms with Crippen molar-refractivity contribution in [3.8, 4) is 17.6 Å². The van der Waals surface area contributed by atoms with Crippen LogP contribution in [-0.4, -0.2) is 42.5 Å². The molecule has 1 aromatic heterocycles. The summed E-state index contributed by atoms with van der Waals surface area (Å²) in [5.74, 6) is 1.89. The number of hydrogen-bond acceptors (Lipinski definition) is 5. The third-order valence-corrected chi connectivity index (χ3v) is 5.61. The summed E-state index contributed by atoms with van der Waals surface area (Å²) in [4.78, 5) is 3.41. The molecule has 2 atom stereocenters. The molecule has 6 heteroatoms. The first-order valence-electron chi connectivity index (χ1n) is 11.2. The minimum Gasteiger partial charge on any atom is -0.490 e. The second-order valence-electron chi connectivity index (χ2n) is 8.37. The number of aromatic amines is 1. The molecule has 4 rings (SSSR count). The van der Waals surface area contributed by atoms with Gasteiger partial charge in [-0.3, -0.25) is 0 Å². The number of fused-ring (bicyclic) bond motifs is 3. The molecule has 0 amide bonds. The zero-order valence-electron chi connectivity index (χ0n) is 18.8. The minimum absolute atomic E-state index is 0.0582. The van der Waals surface area contributed by atoms with Crippen molar-refractivity contribution < 1.29 is 14.6 Å². The number of hydrogen-bond donors (Lipinski definition) is 3. The number of benzene rings is 3. The fraction of sp³-hybridized carbons (Fsp3) is 0.296. The normalized spacial score (nSPS) is 13.0. The lowest BCUT2D eigenvalue weighted by Gasteiger charge is -2.17. The van der Waals surface area contributed by atoms with Gasteiger partial charge in [0.2, 0.25) is 0 Å². The summed E-state index contributed by atoms with van der Waals surface area (Å²) in [7, 11) is 0. The van der Waals surface area contributed by atoms with E-state index in [1.54, 1.807) is 0 Å². The van der Waals surface area contributed by atoms with E-state index in [1.807, 2.05) is 60.7 Å². The first kappa shape index (κ1) is 22.7. The van der Waals surface area contributed by atoms with E-state index in [9.17, 15) is 5.11 Å². The summed E-state index contributed by atoms with van der Waals surface area (Å²) in [5, 5.41) is 24.5. The van der Waals surface area contributed by atoms with Gasteiger partial charge in [0.1, 0.15) is 30.3 Å². The maximum absolute atomic E-state index is 10.4. The number of ether oxygens (including phenoxy) is 2. The quantitative estimate of drug-likeness (QED) is 0.319. The molecular formula is C27H29N3O3. The van der Waals surface area contributed by atoms with Crippen LogP contribution in [0.4, 0.5) is 0 Å². The molecule has 0 aliphatic rings. The third kappa shape index (κ3) is 5.83. The molecular weight excluding hydrogens is 414 g/mol. The van der Waals surface area contributed by atoms with Gasteiger partial charge in [0.05, 0.1) is 5.52 Å². The smallest absolute Gasteiger partial charge is 0.174 e. The van der Waals surface area contributed by atoms with Crippen LogP contribution < -0.4 is 14.8 Å². The van der Waals surface area contributed by atoms with Crippen LogP contribution in [0.3, 0.4) is 0 Å². The Kier molecular flexibility index (Phi) is 7.46. The maximum atomic E-state index is 10.4. The van der Waals surface area contributed by atoms with Gasteiger partial charge in [-0.15, -0.1) is 0 Å². The van der Waals surface area contributed by atoms with Crippen molar-refractivity contribution in [2.45, 2.75) is 19.4 Å². The number of nitriles is 1. The van der Waals surface area contributed by atoms with Gasteiger partial charge in [-0.25, -0.2) is 0 Å². The van der Waals surface area contributed by atoms with Gasteiger partial charge in [-0.05, 0) is 54.8 Å². The predicted molar refractivity (Wildman–Crippen MR) is 131 cm³/mol. The largest absolute Gasteiger partial charge is 0.490 e. The molecule has 33 heavy (non-hydrogen) atoms. The van der Waals surface area contributed by atoms with Crippen LogP contribution in [0.2, 0.25) is 0 Å². The fourth-order valence-electron chi connectivity index (χ4n) is 4.04. The molecule has 3 N–H and O–H groups in total. The molecule has 0 aliphatic heterocycles. The number of aliphatic hydroxyl groups excluding tert-OH is 1. The summed E-state index contributed by atoms with van der Waals surface area (Å²) in [6.07, 6.45) is 0.315. The van der Waals surface area contributed by atoms with Crippen molar-refractivity contribution in [1.82, 2.24) is 10.3 Å². The summed E-state index contributed by atoms with van der Waals surface area (Å²) >= 11 is 0. The summed E-state index contributed by atoms with van der Waals surface area (Å²) in [5.41, 5.74) is 3.31. The van der Waals surface area contributed by atoms with E-state index >= 15 is 0 Å². The van der Waals surface area contributed by atoms with Crippen molar-refractivity contribution >= 4 is 21.8 Å². The Morgan fingerprint density at radius 1 is 0.970 bits per heavy atom. The van der Waals surface area contributed by atoms with E-state index in [0.29, 0.717) is 18.2 Å². The molecule has 2 unspecified atom stereocenters. The summed E-state index contributed by atoms with van der Waals surface area (Å²) in [6.45, 7) is 3.72. The Hall–Kier alpha value is -3.53. The summed E-state index contributed by atoms with van der Waals surface area (Å²) in [6, 6.07) is 23.9. The van der Waals surface area contributed by atoms with E-state index in [2.05, 4.69) is 29.4 Å². The van der Waals surface area contributed by atoms with E-state index < -0.39 is 6.10 Å². The molecule has 0 radical (unpaired) electrons. The highest BCUT2D eigenvalue weighted by atomic mass is 16.5. The number of H-pyrrole nitrogens is 1. The fourth-order valence-corrected chi connectivity index (χ4v) is 4.04. The SMILES string of the molecule is CC(CNCC(O)COc1cccc2[nH]c3ccccc3c12)Cc1ccc(OCC#N)cc1. The van der Waals surface area contributed by atoms with Gasteiger partial charge >= 0.3 is 0 Å². The molecule has 170 valence electrons. The summed E-state index contributed by atoms with van der Waals surface area (Å²) < 4.78 is 11.3. The molecule has 0 spiro atoms. The molecule has 0 saturated heterocycles. The van der Waals surface area contributed by atoms with Gasteiger partial charge < -0.3 is 24.9 Å². The monoisotopic (exact) mass is 443 g/mol. The maximum Gasteiger partial charge on any atom is 0.174 e. The van der Waals surface area contributed by atoms with Gasteiger partial charge in [-0.2, -0.15) is 5.26 Å². The van der Waals surface area contributed by atoms with Crippen LogP contribution in [0.5, 0.6) is 11.5 Å².